The van der Waals surface area contributed by atoms with Crippen LogP contribution < -0.4 is 10.1 Å². The van der Waals surface area contributed by atoms with Gasteiger partial charge in [-0.3, -0.25) is 15.2 Å². The first kappa shape index (κ1) is 26.0. The van der Waals surface area contributed by atoms with E-state index in [-0.39, 0.29) is 5.82 Å². The van der Waals surface area contributed by atoms with Gasteiger partial charge in [-0.25, -0.2) is 4.39 Å². The molecule has 4 rings (SSSR count). The summed E-state index contributed by atoms with van der Waals surface area (Å²) in [7, 11) is 2.14. The molecule has 1 unspecified atom stereocenters. The lowest BCUT2D eigenvalue weighted by Crippen LogP contribution is -2.45. The van der Waals surface area contributed by atoms with Gasteiger partial charge in [0.25, 0.3) is 0 Å². The Bertz CT molecular complexity index is 912. The lowest BCUT2D eigenvalue weighted by atomic mass is 9.84. The van der Waals surface area contributed by atoms with Crippen molar-refractivity contribution in [2.24, 2.45) is 5.92 Å². The lowest BCUT2D eigenvalue weighted by Gasteiger charge is -2.32. The normalized spacial score (nSPS) is 20.0. The minimum absolute atomic E-state index is 0.300. The van der Waals surface area contributed by atoms with E-state index in [4.69, 9.17) is 4.74 Å². The fourth-order valence-electron chi connectivity index (χ4n) is 5.22. The van der Waals surface area contributed by atoms with E-state index in [1.54, 1.807) is 18.3 Å². The molecule has 2 aliphatic rings. The van der Waals surface area contributed by atoms with Crippen molar-refractivity contribution in [2.45, 2.75) is 57.7 Å². The molecule has 1 aliphatic carbocycles. The van der Waals surface area contributed by atoms with Crippen LogP contribution in [-0.2, 0) is 6.42 Å². The number of nitrogens with one attached hydrogen (secondary N) is 1. The van der Waals surface area contributed by atoms with Gasteiger partial charge in [0.15, 0.2) is 0 Å². The molecule has 0 spiro atoms. The molecule has 2 heterocycles. The summed E-state index contributed by atoms with van der Waals surface area (Å²) in [6.45, 7) is 7.80. The number of hydrogen-bond donors (Lipinski definition) is 2. The summed E-state index contributed by atoms with van der Waals surface area (Å²) in [5.41, 5.74) is 1.95. The van der Waals surface area contributed by atoms with E-state index in [9.17, 15) is 9.50 Å². The van der Waals surface area contributed by atoms with Crippen molar-refractivity contribution in [3.05, 3.63) is 47.9 Å². The standard InChI is InChI=1S/C28H41FN4O2/c1-21(23-6-4-3-5-7-23)31-28(34)18-22-8-11-27(30-20-22)25-10-9-24(19-26(25)29)35-17-16-33-14-12-32(2)13-15-33/h8-11,19-21,23,28,31,34H,3-7,12-18H2,1-2H3/t21-,28?/m1/s1. The molecule has 7 heteroatoms. The first-order valence-corrected chi connectivity index (χ1v) is 13.2. The van der Waals surface area contributed by atoms with Crippen LogP contribution in [0, 0.1) is 11.7 Å². The van der Waals surface area contributed by atoms with Crippen LogP contribution in [0.5, 0.6) is 5.75 Å². The largest absolute Gasteiger partial charge is 0.492 e. The fourth-order valence-corrected chi connectivity index (χ4v) is 5.22. The highest BCUT2D eigenvalue weighted by Gasteiger charge is 2.22. The van der Waals surface area contributed by atoms with E-state index < -0.39 is 6.23 Å². The van der Waals surface area contributed by atoms with Gasteiger partial charge in [0.05, 0.1) is 5.69 Å². The fraction of sp³-hybridized carbons (Fsp3) is 0.607. The molecule has 1 saturated heterocycles. The number of halogens is 1. The van der Waals surface area contributed by atoms with Crippen LogP contribution in [0.25, 0.3) is 11.3 Å². The molecule has 1 aromatic carbocycles. The van der Waals surface area contributed by atoms with Gasteiger partial charge in [0.1, 0.15) is 24.4 Å². The van der Waals surface area contributed by atoms with Gasteiger partial charge in [-0.1, -0.05) is 25.3 Å². The maximum atomic E-state index is 14.8. The third-order valence-electron chi connectivity index (χ3n) is 7.55. The van der Waals surface area contributed by atoms with Crippen LogP contribution in [0.2, 0.25) is 0 Å². The summed E-state index contributed by atoms with van der Waals surface area (Å²) in [6, 6.07) is 9.00. The molecule has 2 N–H and O–H groups in total. The molecular formula is C28H41FN4O2. The zero-order chi connectivity index (χ0) is 24.6. The molecule has 35 heavy (non-hydrogen) atoms. The Kier molecular flexibility index (Phi) is 9.49. The van der Waals surface area contributed by atoms with E-state index in [2.05, 4.69) is 34.1 Å². The quantitative estimate of drug-likeness (QED) is 0.499. The van der Waals surface area contributed by atoms with Gasteiger partial charge in [0.2, 0.25) is 0 Å². The number of benzene rings is 1. The van der Waals surface area contributed by atoms with Gasteiger partial charge in [-0.05, 0) is 56.5 Å². The topological polar surface area (TPSA) is 60.9 Å². The number of ether oxygens (including phenoxy) is 1. The second-order valence-electron chi connectivity index (χ2n) is 10.3. The van der Waals surface area contributed by atoms with Crippen molar-refractivity contribution in [1.29, 1.82) is 0 Å². The van der Waals surface area contributed by atoms with Gasteiger partial charge in [-0.15, -0.1) is 0 Å². The van der Waals surface area contributed by atoms with Gasteiger partial charge < -0.3 is 14.7 Å². The number of nitrogens with zero attached hydrogens (tertiary/aromatic N) is 3. The van der Waals surface area contributed by atoms with Crippen LogP contribution in [0.4, 0.5) is 4.39 Å². The van der Waals surface area contributed by atoms with E-state index in [0.29, 0.717) is 42.0 Å². The van der Waals surface area contributed by atoms with E-state index >= 15 is 0 Å². The average Bonchev–Trinajstić information content (AvgIpc) is 2.86. The Balaban J connectivity index is 1.25. The molecule has 6 nitrogen and oxygen atoms in total. The Morgan fingerprint density at radius 2 is 1.89 bits per heavy atom. The van der Waals surface area contributed by atoms with Crippen molar-refractivity contribution in [3.8, 4) is 17.0 Å². The Labute approximate surface area is 209 Å². The highest BCUT2D eigenvalue weighted by atomic mass is 19.1. The number of rotatable bonds is 10. The van der Waals surface area contributed by atoms with E-state index in [1.165, 1.54) is 38.2 Å². The number of aliphatic hydroxyl groups excluding tert-OH is 1. The van der Waals surface area contributed by atoms with Crippen molar-refractivity contribution in [1.82, 2.24) is 20.1 Å². The molecule has 2 aromatic rings. The third-order valence-corrected chi connectivity index (χ3v) is 7.55. The minimum atomic E-state index is -0.612. The maximum Gasteiger partial charge on any atom is 0.136 e. The SMILES string of the molecule is C[C@@H](NC(O)Cc1ccc(-c2ccc(OCCN3CCN(C)CC3)cc2F)nc1)C1CCCCC1. The number of hydrogen-bond acceptors (Lipinski definition) is 6. The smallest absolute Gasteiger partial charge is 0.136 e. The zero-order valence-corrected chi connectivity index (χ0v) is 21.3. The summed E-state index contributed by atoms with van der Waals surface area (Å²) < 4.78 is 20.6. The van der Waals surface area contributed by atoms with Crippen LogP contribution in [0.15, 0.2) is 36.5 Å². The average molecular weight is 485 g/mol. The molecule has 1 aromatic heterocycles. The summed E-state index contributed by atoms with van der Waals surface area (Å²) >= 11 is 0. The number of aromatic nitrogens is 1. The highest BCUT2D eigenvalue weighted by Crippen LogP contribution is 2.27. The highest BCUT2D eigenvalue weighted by molar-refractivity contribution is 5.61. The van der Waals surface area contributed by atoms with Crippen molar-refractivity contribution in [2.75, 3.05) is 46.4 Å². The Morgan fingerprint density at radius 3 is 2.57 bits per heavy atom. The lowest BCUT2D eigenvalue weighted by molar-refractivity contribution is 0.106. The maximum absolute atomic E-state index is 14.8. The van der Waals surface area contributed by atoms with Crippen LogP contribution in [0.1, 0.15) is 44.6 Å². The summed E-state index contributed by atoms with van der Waals surface area (Å²) in [4.78, 5) is 9.16. The molecule has 1 aliphatic heterocycles. The predicted molar refractivity (Wildman–Crippen MR) is 138 cm³/mol. The molecule has 2 fully saturated rings. The van der Waals surface area contributed by atoms with Crippen molar-refractivity contribution in [3.63, 3.8) is 0 Å². The Morgan fingerprint density at radius 1 is 1.11 bits per heavy atom. The number of likely N-dealkylation sites (N-methyl/N-ethyl adjacent to an activating group) is 1. The molecule has 0 amide bonds. The summed E-state index contributed by atoms with van der Waals surface area (Å²) in [5.74, 6) is 0.837. The zero-order valence-electron chi connectivity index (χ0n) is 21.3. The van der Waals surface area contributed by atoms with Crippen LogP contribution in [-0.4, -0.2) is 78.5 Å². The first-order valence-electron chi connectivity index (χ1n) is 13.2. The second kappa shape index (κ2) is 12.8. The van der Waals surface area contributed by atoms with E-state index in [1.807, 2.05) is 12.1 Å². The van der Waals surface area contributed by atoms with Gasteiger partial charge in [-0.2, -0.15) is 0 Å². The molecular weight excluding hydrogens is 443 g/mol. The number of aliphatic hydroxyl groups is 1. The molecule has 192 valence electrons. The number of piperazine rings is 1. The number of pyridine rings is 1. The summed E-state index contributed by atoms with van der Waals surface area (Å²) in [6.07, 6.45) is 7.98. The molecule has 0 radical (unpaired) electrons. The predicted octanol–water partition coefficient (Wildman–Crippen LogP) is 3.93. The minimum Gasteiger partial charge on any atom is -0.492 e. The second-order valence-corrected chi connectivity index (χ2v) is 10.3. The molecule has 0 bridgehead atoms. The van der Waals surface area contributed by atoms with Gasteiger partial charge >= 0.3 is 0 Å². The van der Waals surface area contributed by atoms with Crippen molar-refractivity contribution >= 4 is 0 Å². The van der Waals surface area contributed by atoms with Crippen LogP contribution >= 0.6 is 0 Å². The van der Waals surface area contributed by atoms with Crippen LogP contribution in [0.3, 0.4) is 0 Å². The van der Waals surface area contributed by atoms with E-state index in [0.717, 1.165) is 38.3 Å². The molecule has 1 saturated carbocycles. The molecule has 2 atom stereocenters. The third kappa shape index (κ3) is 7.71. The monoisotopic (exact) mass is 484 g/mol. The Hall–Kier alpha value is -2.06. The van der Waals surface area contributed by atoms with Gasteiger partial charge in [0, 0.05) is 63.0 Å². The van der Waals surface area contributed by atoms with Crippen molar-refractivity contribution < 1.29 is 14.2 Å². The summed E-state index contributed by atoms with van der Waals surface area (Å²) in [5, 5.41) is 13.9. The first-order chi connectivity index (χ1) is 17.0.